The Hall–Kier alpha value is -1.37. The summed E-state index contributed by atoms with van der Waals surface area (Å²) in [6.07, 6.45) is 2.02. The average molecular weight is 174 g/mol. The van der Waals surface area contributed by atoms with Gasteiger partial charge in [0.2, 0.25) is 0 Å². The third-order valence-corrected chi connectivity index (χ3v) is 1.88. The zero-order valence-electron chi connectivity index (χ0n) is 8.29. The fourth-order valence-corrected chi connectivity index (χ4v) is 1.16. The van der Waals surface area contributed by atoms with Gasteiger partial charge in [-0.1, -0.05) is 29.8 Å². The van der Waals surface area contributed by atoms with E-state index >= 15 is 0 Å². The van der Waals surface area contributed by atoms with E-state index in [9.17, 15) is 4.79 Å². The normalized spacial score (nSPS) is 9.46. The summed E-state index contributed by atoms with van der Waals surface area (Å²) in [5, 5.41) is 0. The van der Waals surface area contributed by atoms with E-state index in [4.69, 9.17) is 0 Å². The molecule has 0 spiro atoms. The molecule has 1 nitrogen and oxygen atoms in total. The lowest BCUT2D eigenvalue weighted by molar-refractivity contribution is 1.38. The van der Waals surface area contributed by atoms with Crippen LogP contribution in [0.25, 0.3) is 6.08 Å². The van der Waals surface area contributed by atoms with Crippen LogP contribution in [0, 0.1) is 6.92 Å². The zero-order valence-corrected chi connectivity index (χ0v) is 8.29. The average Bonchev–Trinajstić information content (AvgIpc) is 2.19. The van der Waals surface area contributed by atoms with Crippen molar-refractivity contribution in [1.29, 1.82) is 0 Å². The van der Waals surface area contributed by atoms with Gasteiger partial charge in [0.1, 0.15) is 0 Å². The van der Waals surface area contributed by atoms with Crippen molar-refractivity contribution in [1.82, 2.24) is 0 Å². The Morgan fingerprint density at radius 3 is 2.46 bits per heavy atom. The molecule has 68 valence electrons. The lowest BCUT2D eigenvalue weighted by Gasteiger charge is -1.94. The van der Waals surface area contributed by atoms with Gasteiger partial charge in [-0.3, -0.25) is 4.79 Å². The molecule has 0 saturated carbocycles. The van der Waals surface area contributed by atoms with Gasteiger partial charge in [0.15, 0.2) is 5.43 Å². The molecule has 0 amide bonds. The summed E-state index contributed by atoms with van der Waals surface area (Å²) in [5.41, 5.74) is 3.12. The van der Waals surface area contributed by atoms with E-state index in [0.29, 0.717) is 0 Å². The molecule has 0 radical (unpaired) electrons. The van der Waals surface area contributed by atoms with Crippen molar-refractivity contribution in [3.05, 3.63) is 51.2 Å². The summed E-state index contributed by atoms with van der Waals surface area (Å²) in [6, 6.07) is 7.22. The predicted molar refractivity (Wildman–Crippen MR) is 56.8 cm³/mol. The van der Waals surface area contributed by atoms with Crippen LogP contribution in [0.3, 0.4) is 0 Å². The maximum absolute atomic E-state index is 11.4. The van der Waals surface area contributed by atoms with Crippen LogP contribution >= 0.6 is 0 Å². The second-order valence-corrected chi connectivity index (χ2v) is 3.38. The van der Waals surface area contributed by atoms with E-state index in [1.807, 2.05) is 39.0 Å². The highest BCUT2D eigenvalue weighted by Crippen LogP contribution is 2.07. The molecule has 1 rings (SSSR count). The molecule has 0 aromatic heterocycles. The Morgan fingerprint density at radius 1 is 1.23 bits per heavy atom. The SMILES string of the molecule is CC(C)=Cc1ccccc(=O)c1C. The van der Waals surface area contributed by atoms with Gasteiger partial charge >= 0.3 is 0 Å². The quantitative estimate of drug-likeness (QED) is 0.639. The summed E-state index contributed by atoms with van der Waals surface area (Å²) in [6.45, 7) is 5.91. The molecule has 0 aliphatic rings. The minimum Gasteiger partial charge on any atom is -0.290 e. The maximum atomic E-state index is 11.4. The molecule has 0 heterocycles. The van der Waals surface area contributed by atoms with Crippen molar-refractivity contribution in [2.24, 2.45) is 0 Å². The van der Waals surface area contributed by atoms with Gasteiger partial charge in [-0.25, -0.2) is 0 Å². The molecule has 0 atom stereocenters. The molecule has 0 aliphatic carbocycles. The highest BCUT2D eigenvalue weighted by molar-refractivity contribution is 5.54. The van der Waals surface area contributed by atoms with Crippen LogP contribution in [0.4, 0.5) is 0 Å². The molecular weight excluding hydrogens is 160 g/mol. The van der Waals surface area contributed by atoms with Crippen molar-refractivity contribution in [2.75, 3.05) is 0 Å². The third kappa shape index (κ3) is 2.55. The van der Waals surface area contributed by atoms with E-state index in [-0.39, 0.29) is 5.43 Å². The first kappa shape index (κ1) is 9.72. The number of hydrogen-bond acceptors (Lipinski definition) is 1. The second-order valence-electron chi connectivity index (χ2n) is 3.38. The van der Waals surface area contributed by atoms with E-state index in [1.165, 1.54) is 5.57 Å². The first-order chi connectivity index (χ1) is 6.11. The molecule has 0 unspecified atom stereocenters. The second kappa shape index (κ2) is 4.04. The third-order valence-electron chi connectivity index (χ3n) is 1.88. The largest absolute Gasteiger partial charge is 0.290 e. The minimum atomic E-state index is 0.0949. The summed E-state index contributed by atoms with van der Waals surface area (Å²) in [7, 11) is 0. The molecule has 0 N–H and O–H groups in total. The first-order valence-corrected chi connectivity index (χ1v) is 4.36. The Balaban J connectivity index is 3.41. The van der Waals surface area contributed by atoms with Crippen LogP contribution in [0.1, 0.15) is 25.0 Å². The molecule has 13 heavy (non-hydrogen) atoms. The predicted octanol–water partition coefficient (Wildman–Crippen LogP) is 2.78. The summed E-state index contributed by atoms with van der Waals surface area (Å²) >= 11 is 0. The van der Waals surface area contributed by atoms with Gasteiger partial charge in [0, 0.05) is 5.56 Å². The highest BCUT2D eigenvalue weighted by atomic mass is 16.1. The topological polar surface area (TPSA) is 17.1 Å². The standard InChI is InChI=1S/C12H14O/c1-9(2)8-11-6-4-5-7-12(13)10(11)3/h4-8H,1-3H3. The maximum Gasteiger partial charge on any atom is 0.182 e. The van der Waals surface area contributed by atoms with Gasteiger partial charge < -0.3 is 0 Å². The van der Waals surface area contributed by atoms with E-state index in [2.05, 4.69) is 0 Å². The van der Waals surface area contributed by atoms with E-state index in [0.717, 1.165) is 11.1 Å². The lowest BCUT2D eigenvalue weighted by atomic mass is 10.1. The van der Waals surface area contributed by atoms with E-state index in [1.54, 1.807) is 12.1 Å². The van der Waals surface area contributed by atoms with Crippen LogP contribution in [-0.4, -0.2) is 0 Å². The van der Waals surface area contributed by atoms with Crippen LogP contribution in [0.2, 0.25) is 0 Å². The number of allylic oxidation sites excluding steroid dienone is 1. The first-order valence-electron chi connectivity index (χ1n) is 4.36. The molecule has 1 aromatic rings. The molecule has 0 fully saturated rings. The number of rotatable bonds is 1. The minimum absolute atomic E-state index is 0.0949. The Kier molecular flexibility index (Phi) is 3.02. The fraction of sp³-hybridized carbons (Fsp3) is 0.250. The summed E-state index contributed by atoms with van der Waals surface area (Å²) < 4.78 is 0. The van der Waals surface area contributed by atoms with E-state index < -0.39 is 0 Å². The van der Waals surface area contributed by atoms with Gasteiger partial charge in [-0.2, -0.15) is 0 Å². The molecular formula is C12H14O. The molecule has 0 bridgehead atoms. The number of hydrogen-bond donors (Lipinski definition) is 0. The van der Waals surface area contributed by atoms with Crippen LogP contribution in [0.5, 0.6) is 0 Å². The van der Waals surface area contributed by atoms with Crippen LogP contribution < -0.4 is 5.43 Å². The van der Waals surface area contributed by atoms with Crippen molar-refractivity contribution >= 4 is 6.08 Å². The Bertz CT molecular complexity index is 385. The molecule has 1 heteroatoms. The fourth-order valence-electron chi connectivity index (χ4n) is 1.16. The van der Waals surface area contributed by atoms with Crippen LogP contribution in [0.15, 0.2) is 34.6 Å². The molecule has 1 aromatic carbocycles. The Morgan fingerprint density at radius 2 is 1.85 bits per heavy atom. The van der Waals surface area contributed by atoms with Crippen molar-refractivity contribution in [3.63, 3.8) is 0 Å². The smallest absolute Gasteiger partial charge is 0.182 e. The van der Waals surface area contributed by atoms with Crippen molar-refractivity contribution in [3.8, 4) is 0 Å². The molecule has 0 saturated heterocycles. The monoisotopic (exact) mass is 174 g/mol. The highest BCUT2D eigenvalue weighted by Gasteiger charge is 1.95. The van der Waals surface area contributed by atoms with Gasteiger partial charge in [0.25, 0.3) is 0 Å². The van der Waals surface area contributed by atoms with Crippen LogP contribution in [-0.2, 0) is 0 Å². The van der Waals surface area contributed by atoms with Gasteiger partial charge in [-0.05, 0) is 32.4 Å². The zero-order chi connectivity index (χ0) is 9.84. The summed E-state index contributed by atoms with van der Waals surface area (Å²) in [5.74, 6) is 0. The van der Waals surface area contributed by atoms with Gasteiger partial charge in [0.05, 0.1) is 0 Å². The summed E-state index contributed by atoms with van der Waals surface area (Å²) in [4.78, 5) is 11.4. The lowest BCUT2D eigenvalue weighted by Crippen LogP contribution is -2.00. The van der Waals surface area contributed by atoms with Gasteiger partial charge in [-0.15, -0.1) is 0 Å². The molecule has 0 aliphatic heterocycles. The Labute approximate surface area is 78.7 Å². The van der Waals surface area contributed by atoms with Crippen molar-refractivity contribution < 1.29 is 0 Å². The van der Waals surface area contributed by atoms with Crippen molar-refractivity contribution in [2.45, 2.75) is 20.8 Å².